The summed E-state index contributed by atoms with van der Waals surface area (Å²) in [6, 6.07) is 5.78. The van der Waals surface area contributed by atoms with Gasteiger partial charge in [-0.1, -0.05) is 26.8 Å². The highest BCUT2D eigenvalue weighted by atomic mass is 16.7. The number of amides is 1. The van der Waals surface area contributed by atoms with Crippen LogP contribution in [0.5, 0.6) is 0 Å². The van der Waals surface area contributed by atoms with Gasteiger partial charge in [-0.25, -0.2) is 4.98 Å². The zero-order valence-corrected chi connectivity index (χ0v) is 14.8. The molecule has 1 amide bonds. The molecular formula is C18H25N3O3. The summed E-state index contributed by atoms with van der Waals surface area (Å²) in [6.07, 6.45) is 2.55. The van der Waals surface area contributed by atoms with E-state index < -0.39 is 5.79 Å². The maximum Gasteiger partial charge on any atom is 0.272 e. The second-order valence-corrected chi connectivity index (χ2v) is 7.33. The second kappa shape index (κ2) is 6.18. The molecule has 0 bridgehead atoms. The van der Waals surface area contributed by atoms with Crippen molar-refractivity contribution in [2.75, 3.05) is 19.8 Å². The van der Waals surface area contributed by atoms with Crippen LogP contribution >= 0.6 is 0 Å². The number of nitrogens with one attached hydrogen (secondary N) is 1. The molecule has 6 nitrogen and oxygen atoms in total. The first kappa shape index (κ1) is 16.9. The summed E-state index contributed by atoms with van der Waals surface area (Å²) < 4.78 is 13.1. The number of ether oxygens (including phenoxy) is 2. The first-order chi connectivity index (χ1) is 11.3. The van der Waals surface area contributed by atoms with Crippen LogP contribution in [0.25, 0.3) is 5.52 Å². The third-order valence-corrected chi connectivity index (χ3v) is 4.20. The SMILES string of the molecule is CC1(CCNC(=O)c2nc(C(C)(C)C)n3ccccc23)OCCO1. The Balaban J connectivity index is 1.77. The van der Waals surface area contributed by atoms with Crippen molar-refractivity contribution in [3.05, 3.63) is 35.9 Å². The lowest BCUT2D eigenvalue weighted by Gasteiger charge is -2.21. The lowest BCUT2D eigenvalue weighted by Crippen LogP contribution is -2.33. The number of rotatable bonds is 4. The van der Waals surface area contributed by atoms with Crippen LogP contribution in [-0.2, 0) is 14.9 Å². The molecule has 0 radical (unpaired) electrons. The van der Waals surface area contributed by atoms with E-state index in [0.29, 0.717) is 31.9 Å². The van der Waals surface area contributed by atoms with Crippen LogP contribution in [0.2, 0.25) is 0 Å². The number of aromatic nitrogens is 2. The lowest BCUT2D eigenvalue weighted by atomic mass is 9.96. The fraction of sp³-hybridized carbons (Fsp3) is 0.556. The standard InChI is InChI=1S/C18H25N3O3/c1-17(2,3)16-20-14(13-7-5-6-10-21(13)16)15(22)19-9-8-18(4)23-11-12-24-18/h5-7,10H,8-9,11-12H2,1-4H3,(H,19,22). The second-order valence-electron chi connectivity index (χ2n) is 7.33. The molecule has 1 aliphatic rings. The van der Waals surface area contributed by atoms with E-state index in [0.717, 1.165) is 11.3 Å². The molecular weight excluding hydrogens is 306 g/mol. The predicted octanol–water partition coefficient (Wildman–Crippen LogP) is 2.51. The molecule has 0 atom stereocenters. The van der Waals surface area contributed by atoms with E-state index >= 15 is 0 Å². The van der Waals surface area contributed by atoms with E-state index in [-0.39, 0.29) is 11.3 Å². The van der Waals surface area contributed by atoms with Gasteiger partial charge in [-0.05, 0) is 19.1 Å². The van der Waals surface area contributed by atoms with Gasteiger partial charge >= 0.3 is 0 Å². The Bertz CT molecular complexity index is 740. The molecule has 2 aromatic rings. The third kappa shape index (κ3) is 3.30. The highest BCUT2D eigenvalue weighted by molar-refractivity contribution is 5.99. The number of nitrogens with zero attached hydrogens (tertiary/aromatic N) is 2. The van der Waals surface area contributed by atoms with Crippen LogP contribution in [0.3, 0.4) is 0 Å². The molecule has 1 N–H and O–H groups in total. The quantitative estimate of drug-likeness (QED) is 0.935. The Labute approximate surface area is 142 Å². The van der Waals surface area contributed by atoms with Gasteiger partial charge in [0.2, 0.25) is 0 Å². The fourth-order valence-electron chi connectivity index (χ4n) is 2.92. The number of carbonyl (C=O) groups is 1. The Hall–Kier alpha value is -1.92. The van der Waals surface area contributed by atoms with E-state index in [1.165, 1.54) is 0 Å². The summed E-state index contributed by atoms with van der Waals surface area (Å²) in [5, 5.41) is 2.93. The van der Waals surface area contributed by atoms with Gasteiger partial charge in [-0.15, -0.1) is 0 Å². The van der Waals surface area contributed by atoms with Crippen molar-refractivity contribution < 1.29 is 14.3 Å². The molecule has 3 heterocycles. The molecule has 24 heavy (non-hydrogen) atoms. The van der Waals surface area contributed by atoms with E-state index in [2.05, 4.69) is 31.1 Å². The summed E-state index contributed by atoms with van der Waals surface area (Å²) in [5.41, 5.74) is 1.13. The summed E-state index contributed by atoms with van der Waals surface area (Å²) >= 11 is 0. The maximum atomic E-state index is 12.6. The van der Waals surface area contributed by atoms with Gasteiger partial charge in [0.1, 0.15) is 5.82 Å². The fourth-order valence-corrected chi connectivity index (χ4v) is 2.92. The molecule has 0 unspecified atom stereocenters. The van der Waals surface area contributed by atoms with Crippen molar-refractivity contribution in [1.29, 1.82) is 0 Å². The van der Waals surface area contributed by atoms with Crippen LogP contribution in [-0.4, -0.2) is 40.8 Å². The zero-order chi connectivity index (χ0) is 17.4. The topological polar surface area (TPSA) is 64.9 Å². The number of pyridine rings is 1. The number of carbonyl (C=O) groups excluding carboxylic acids is 1. The van der Waals surface area contributed by atoms with Crippen molar-refractivity contribution in [3.63, 3.8) is 0 Å². The van der Waals surface area contributed by atoms with E-state index in [1.807, 2.05) is 35.7 Å². The lowest BCUT2D eigenvalue weighted by molar-refractivity contribution is -0.145. The van der Waals surface area contributed by atoms with Gasteiger partial charge in [-0.2, -0.15) is 0 Å². The van der Waals surface area contributed by atoms with Crippen LogP contribution in [0, 0.1) is 0 Å². The predicted molar refractivity (Wildman–Crippen MR) is 91.2 cm³/mol. The van der Waals surface area contributed by atoms with Crippen LogP contribution in [0.1, 0.15) is 50.4 Å². The molecule has 0 aromatic carbocycles. The molecule has 1 aliphatic heterocycles. The van der Waals surface area contributed by atoms with E-state index in [9.17, 15) is 4.79 Å². The molecule has 0 saturated carbocycles. The molecule has 0 aliphatic carbocycles. The van der Waals surface area contributed by atoms with Crippen molar-refractivity contribution >= 4 is 11.4 Å². The minimum Gasteiger partial charge on any atom is -0.350 e. The molecule has 2 aromatic heterocycles. The summed E-state index contributed by atoms with van der Waals surface area (Å²) in [7, 11) is 0. The van der Waals surface area contributed by atoms with Crippen LogP contribution < -0.4 is 5.32 Å². The molecule has 3 rings (SSSR count). The Morgan fingerprint density at radius 3 is 2.71 bits per heavy atom. The van der Waals surface area contributed by atoms with E-state index in [4.69, 9.17) is 9.47 Å². The number of fused-ring (bicyclic) bond motifs is 1. The average molecular weight is 331 g/mol. The number of imidazole rings is 1. The normalized spacial score (nSPS) is 17.3. The van der Waals surface area contributed by atoms with Gasteiger partial charge in [0.05, 0.1) is 18.7 Å². The molecule has 6 heteroatoms. The number of hydrogen-bond acceptors (Lipinski definition) is 4. The van der Waals surface area contributed by atoms with Gasteiger partial charge in [0.25, 0.3) is 5.91 Å². The van der Waals surface area contributed by atoms with Gasteiger partial charge in [0, 0.05) is 24.6 Å². The van der Waals surface area contributed by atoms with Crippen molar-refractivity contribution in [3.8, 4) is 0 Å². The average Bonchev–Trinajstić information content (AvgIpc) is 3.11. The maximum absolute atomic E-state index is 12.6. The summed E-state index contributed by atoms with van der Waals surface area (Å²) in [5.74, 6) is 0.105. The van der Waals surface area contributed by atoms with Crippen molar-refractivity contribution in [1.82, 2.24) is 14.7 Å². The van der Waals surface area contributed by atoms with Crippen LogP contribution in [0.4, 0.5) is 0 Å². The number of hydrogen-bond donors (Lipinski definition) is 1. The third-order valence-electron chi connectivity index (χ3n) is 4.20. The Morgan fingerprint density at radius 2 is 2.04 bits per heavy atom. The van der Waals surface area contributed by atoms with Crippen LogP contribution in [0.15, 0.2) is 24.4 Å². The first-order valence-electron chi connectivity index (χ1n) is 8.34. The Kier molecular flexibility index (Phi) is 4.36. The van der Waals surface area contributed by atoms with E-state index in [1.54, 1.807) is 0 Å². The summed E-state index contributed by atoms with van der Waals surface area (Å²) in [6.45, 7) is 9.85. The van der Waals surface area contributed by atoms with Gasteiger partial charge < -0.3 is 19.2 Å². The minimum absolute atomic E-state index is 0.151. The Morgan fingerprint density at radius 1 is 1.33 bits per heavy atom. The smallest absolute Gasteiger partial charge is 0.272 e. The van der Waals surface area contributed by atoms with Crippen molar-refractivity contribution in [2.24, 2.45) is 0 Å². The molecule has 130 valence electrons. The first-order valence-corrected chi connectivity index (χ1v) is 8.34. The largest absolute Gasteiger partial charge is 0.350 e. The van der Waals surface area contributed by atoms with Gasteiger partial charge in [-0.3, -0.25) is 4.79 Å². The zero-order valence-electron chi connectivity index (χ0n) is 14.8. The van der Waals surface area contributed by atoms with Gasteiger partial charge in [0.15, 0.2) is 11.5 Å². The monoisotopic (exact) mass is 331 g/mol. The molecule has 1 saturated heterocycles. The highest BCUT2D eigenvalue weighted by Crippen LogP contribution is 2.25. The summed E-state index contributed by atoms with van der Waals surface area (Å²) in [4.78, 5) is 17.2. The minimum atomic E-state index is -0.597. The molecule has 0 spiro atoms. The highest BCUT2D eigenvalue weighted by Gasteiger charge is 2.31. The molecule has 1 fully saturated rings. The van der Waals surface area contributed by atoms with Crippen molar-refractivity contribution in [2.45, 2.75) is 45.3 Å².